The number of piperidine rings is 1. The Bertz CT molecular complexity index is 762. The number of rotatable bonds is 5. The van der Waals surface area contributed by atoms with Gasteiger partial charge in [-0.15, -0.1) is 0 Å². The highest BCUT2D eigenvalue weighted by Gasteiger charge is 2.24. The number of nitrogens with zero attached hydrogens (tertiary/aromatic N) is 3. The normalized spacial score (nSPS) is 18.5. The average Bonchev–Trinajstić information content (AvgIpc) is 3.08. The van der Waals surface area contributed by atoms with Gasteiger partial charge in [-0.25, -0.2) is 4.98 Å². The number of carbonyl (C=O) groups is 1. The second-order valence-electron chi connectivity index (χ2n) is 8.12. The second kappa shape index (κ2) is 9.88. The molecule has 5 heteroatoms. The molecule has 2 saturated heterocycles. The summed E-state index contributed by atoms with van der Waals surface area (Å²) in [5.74, 6) is 1.77. The van der Waals surface area contributed by atoms with Crippen LogP contribution < -0.4 is 4.90 Å². The Kier molecular flexibility index (Phi) is 6.78. The summed E-state index contributed by atoms with van der Waals surface area (Å²) in [6.45, 7) is 5.07. The molecule has 2 fully saturated rings. The maximum atomic E-state index is 12.9. The largest absolute Gasteiger partial charge is 0.380 e. The van der Waals surface area contributed by atoms with Crippen LogP contribution in [0.15, 0.2) is 48.7 Å². The Morgan fingerprint density at radius 3 is 2.59 bits per heavy atom. The van der Waals surface area contributed by atoms with E-state index in [2.05, 4.69) is 40.2 Å². The standard InChI is InChI=1S/C24H31N3O2/c28-24(22-9-10-23(25-19-22)26-13-4-17-29-18-16-26)27-14-11-21(12-15-27)8-7-20-5-2-1-3-6-20/h1-3,5-6,9-10,19,21H,4,7-8,11-18H2. The molecule has 0 spiro atoms. The predicted molar refractivity (Wildman–Crippen MR) is 115 cm³/mol. The van der Waals surface area contributed by atoms with Gasteiger partial charge in [0.1, 0.15) is 5.82 Å². The molecule has 2 aliphatic rings. The third-order valence-corrected chi connectivity index (χ3v) is 6.13. The molecule has 0 unspecified atom stereocenters. The van der Waals surface area contributed by atoms with Crippen LogP contribution in [0.5, 0.6) is 0 Å². The van der Waals surface area contributed by atoms with E-state index in [4.69, 9.17) is 4.74 Å². The van der Waals surface area contributed by atoms with Gasteiger partial charge in [0, 0.05) is 39.0 Å². The van der Waals surface area contributed by atoms with Crippen molar-refractivity contribution in [2.24, 2.45) is 5.92 Å². The number of benzene rings is 1. The highest BCUT2D eigenvalue weighted by Crippen LogP contribution is 2.24. The van der Waals surface area contributed by atoms with Gasteiger partial charge in [-0.1, -0.05) is 30.3 Å². The van der Waals surface area contributed by atoms with Crippen LogP contribution in [0.2, 0.25) is 0 Å². The molecule has 1 amide bonds. The predicted octanol–water partition coefficient (Wildman–Crippen LogP) is 3.79. The van der Waals surface area contributed by atoms with E-state index < -0.39 is 0 Å². The van der Waals surface area contributed by atoms with Gasteiger partial charge >= 0.3 is 0 Å². The topological polar surface area (TPSA) is 45.7 Å². The van der Waals surface area contributed by atoms with Crippen molar-refractivity contribution < 1.29 is 9.53 Å². The molecule has 2 aromatic rings. The summed E-state index contributed by atoms with van der Waals surface area (Å²) in [6.07, 6.45) is 7.29. The first-order valence-electron chi connectivity index (χ1n) is 10.9. The molecule has 1 aromatic heterocycles. The number of anilines is 1. The lowest BCUT2D eigenvalue weighted by Crippen LogP contribution is -2.38. The van der Waals surface area contributed by atoms with Gasteiger partial charge in [-0.3, -0.25) is 4.79 Å². The lowest BCUT2D eigenvalue weighted by atomic mass is 9.90. The minimum atomic E-state index is 0.116. The van der Waals surface area contributed by atoms with Crippen molar-refractivity contribution in [3.63, 3.8) is 0 Å². The zero-order valence-electron chi connectivity index (χ0n) is 17.1. The van der Waals surface area contributed by atoms with Crippen LogP contribution in [0.1, 0.15) is 41.6 Å². The van der Waals surface area contributed by atoms with Crippen LogP contribution in [0.3, 0.4) is 0 Å². The first kappa shape index (κ1) is 19.9. The van der Waals surface area contributed by atoms with Gasteiger partial charge in [0.15, 0.2) is 0 Å². The zero-order chi connectivity index (χ0) is 19.9. The molecule has 0 N–H and O–H groups in total. The fourth-order valence-corrected chi connectivity index (χ4v) is 4.30. The fourth-order valence-electron chi connectivity index (χ4n) is 4.30. The average molecular weight is 394 g/mol. The van der Waals surface area contributed by atoms with Gasteiger partial charge in [0.05, 0.1) is 12.2 Å². The van der Waals surface area contributed by atoms with Crippen LogP contribution in [0.25, 0.3) is 0 Å². The van der Waals surface area contributed by atoms with Crippen LogP contribution in [-0.4, -0.2) is 55.2 Å². The van der Waals surface area contributed by atoms with Crippen molar-refractivity contribution in [2.75, 3.05) is 44.3 Å². The third-order valence-electron chi connectivity index (χ3n) is 6.13. The Balaban J connectivity index is 1.26. The molecule has 154 valence electrons. The lowest BCUT2D eigenvalue weighted by molar-refractivity contribution is 0.0686. The second-order valence-corrected chi connectivity index (χ2v) is 8.12. The molecule has 0 atom stereocenters. The maximum Gasteiger partial charge on any atom is 0.255 e. The number of ether oxygens (including phenoxy) is 1. The van der Waals surface area contributed by atoms with E-state index in [0.29, 0.717) is 11.5 Å². The van der Waals surface area contributed by atoms with Crippen molar-refractivity contribution in [3.8, 4) is 0 Å². The zero-order valence-corrected chi connectivity index (χ0v) is 17.1. The highest BCUT2D eigenvalue weighted by atomic mass is 16.5. The summed E-state index contributed by atoms with van der Waals surface area (Å²) < 4.78 is 5.51. The molecule has 5 nitrogen and oxygen atoms in total. The smallest absolute Gasteiger partial charge is 0.255 e. The quantitative estimate of drug-likeness (QED) is 0.775. The van der Waals surface area contributed by atoms with Crippen LogP contribution in [-0.2, 0) is 11.2 Å². The van der Waals surface area contributed by atoms with Crippen molar-refractivity contribution in [1.82, 2.24) is 9.88 Å². The summed E-state index contributed by atoms with van der Waals surface area (Å²) >= 11 is 0. The van der Waals surface area contributed by atoms with Crippen molar-refractivity contribution in [3.05, 3.63) is 59.8 Å². The number of pyridine rings is 1. The van der Waals surface area contributed by atoms with E-state index in [-0.39, 0.29) is 5.91 Å². The molecular formula is C24H31N3O2. The van der Waals surface area contributed by atoms with Gasteiger partial charge in [-0.2, -0.15) is 0 Å². The van der Waals surface area contributed by atoms with E-state index in [1.54, 1.807) is 6.20 Å². The van der Waals surface area contributed by atoms with Crippen LogP contribution in [0.4, 0.5) is 5.82 Å². The van der Waals surface area contributed by atoms with Crippen molar-refractivity contribution in [2.45, 2.75) is 32.1 Å². The first-order chi connectivity index (χ1) is 14.3. The highest BCUT2D eigenvalue weighted by molar-refractivity contribution is 5.94. The van der Waals surface area contributed by atoms with E-state index in [1.165, 1.54) is 12.0 Å². The van der Waals surface area contributed by atoms with Crippen molar-refractivity contribution >= 4 is 11.7 Å². The maximum absolute atomic E-state index is 12.9. The number of likely N-dealkylation sites (tertiary alicyclic amines) is 1. The number of hydrogen-bond donors (Lipinski definition) is 0. The van der Waals surface area contributed by atoms with E-state index >= 15 is 0 Å². The van der Waals surface area contributed by atoms with Crippen molar-refractivity contribution in [1.29, 1.82) is 0 Å². The number of hydrogen-bond acceptors (Lipinski definition) is 4. The number of aromatic nitrogens is 1. The fraction of sp³-hybridized carbons (Fsp3) is 0.500. The summed E-state index contributed by atoms with van der Waals surface area (Å²) in [6, 6.07) is 14.6. The monoisotopic (exact) mass is 393 g/mol. The molecule has 1 aromatic carbocycles. The first-order valence-corrected chi connectivity index (χ1v) is 10.9. The summed E-state index contributed by atoms with van der Waals surface area (Å²) in [7, 11) is 0. The molecule has 0 radical (unpaired) electrons. The molecule has 3 heterocycles. The number of carbonyl (C=O) groups excluding carboxylic acids is 1. The molecule has 2 aliphatic heterocycles. The third kappa shape index (κ3) is 5.36. The van der Waals surface area contributed by atoms with E-state index in [1.807, 2.05) is 17.0 Å². The number of aryl methyl sites for hydroxylation is 1. The summed E-state index contributed by atoms with van der Waals surface area (Å²) in [5.41, 5.74) is 2.11. The lowest BCUT2D eigenvalue weighted by Gasteiger charge is -2.32. The SMILES string of the molecule is O=C(c1ccc(N2CCCOCC2)nc1)N1CCC(CCc2ccccc2)CC1. The van der Waals surface area contributed by atoms with Crippen LogP contribution >= 0.6 is 0 Å². The van der Waals surface area contributed by atoms with Gasteiger partial charge in [0.25, 0.3) is 5.91 Å². The van der Waals surface area contributed by atoms with Gasteiger partial charge in [-0.05, 0) is 55.7 Å². The van der Waals surface area contributed by atoms with Crippen LogP contribution in [0, 0.1) is 5.92 Å². The molecule has 0 aliphatic carbocycles. The minimum absolute atomic E-state index is 0.116. The summed E-state index contributed by atoms with van der Waals surface area (Å²) in [5, 5.41) is 0. The Morgan fingerprint density at radius 2 is 1.83 bits per heavy atom. The van der Waals surface area contributed by atoms with E-state index in [0.717, 1.165) is 70.9 Å². The van der Waals surface area contributed by atoms with Gasteiger partial charge in [0.2, 0.25) is 0 Å². The Morgan fingerprint density at radius 1 is 1.00 bits per heavy atom. The number of amides is 1. The van der Waals surface area contributed by atoms with E-state index in [9.17, 15) is 4.79 Å². The molecule has 0 bridgehead atoms. The molecule has 0 saturated carbocycles. The molecular weight excluding hydrogens is 362 g/mol. The van der Waals surface area contributed by atoms with Gasteiger partial charge < -0.3 is 14.5 Å². The molecule has 29 heavy (non-hydrogen) atoms. The molecule has 4 rings (SSSR count). The Labute approximate surface area is 173 Å². The Hall–Kier alpha value is -2.40. The minimum Gasteiger partial charge on any atom is -0.380 e. The summed E-state index contributed by atoms with van der Waals surface area (Å²) in [4.78, 5) is 21.7.